The zero-order valence-electron chi connectivity index (χ0n) is 11.9. The van der Waals surface area contributed by atoms with Gasteiger partial charge in [0, 0.05) is 23.4 Å². The molecular formula is C14H17N5O2S. The van der Waals surface area contributed by atoms with E-state index in [1.165, 1.54) is 6.07 Å². The average molecular weight is 319 g/mol. The second kappa shape index (κ2) is 5.22. The zero-order chi connectivity index (χ0) is 15.9. The number of nitrogens with one attached hydrogen (secondary N) is 1. The van der Waals surface area contributed by atoms with Crippen LogP contribution in [0.5, 0.6) is 0 Å². The molecule has 0 fully saturated rings. The number of sulfonamides is 1. The molecule has 1 aliphatic heterocycles. The smallest absolute Gasteiger partial charge is 0.238 e. The number of fused-ring (bicyclic) bond motifs is 1. The minimum atomic E-state index is -3.96. The van der Waals surface area contributed by atoms with Gasteiger partial charge in [0.2, 0.25) is 10.0 Å². The van der Waals surface area contributed by atoms with Gasteiger partial charge in [-0.2, -0.15) is 5.10 Å². The molecule has 0 unspecified atom stereocenters. The molecule has 1 aromatic heterocycles. The van der Waals surface area contributed by atoms with Gasteiger partial charge in [-0.1, -0.05) is 12.1 Å². The first-order valence-electron chi connectivity index (χ1n) is 6.95. The van der Waals surface area contributed by atoms with Crippen molar-refractivity contribution in [2.75, 3.05) is 0 Å². The summed E-state index contributed by atoms with van der Waals surface area (Å²) in [7, 11) is -3.96. The van der Waals surface area contributed by atoms with Crippen LogP contribution >= 0.6 is 0 Å². The van der Waals surface area contributed by atoms with Gasteiger partial charge < -0.3 is 5.73 Å². The van der Waals surface area contributed by atoms with Gasteiger partial charge in [0.25, 0.3) is 0 Å². The molecule has 0 amide bonds. The zero-order valence-corrected chi connectivity index (χ0v) is 12.7. The van der Waals surface area contributed by atoms with E-state index in [0.717, 1.165) is 37.1 Å². The Balaban J connectivity index is 2.28. The van der Waals surface area contributed by atoms with Crippen molar-refractivity contribution in [2.45, 2.75) is 30.7 Å². The number of benzene rings is 1. The summed E-state index contributed by atoms with van der Waals surface area (Å²) in [6.07, 6.45) is 4.70. The first-order valence-corrected chi connectivity index (χ1v) is 8.49. The van der Waals surface area contributed by atoms with Crippen molar-refractivity contribution in [1.82, 2.24) is 9.78 Å². The number of hydrogen-bond donors (Lipinski definition) is 3. The lowest BCUT2D eigenvalue weighted by molar-refractivity contribution is 0.487. The van der Waals surface area contributed by atoms with Gasteiger partial charge in [-0.3, -0.25) is 10.1 Å². The second-order valence-electron chi connectivity index (χ2n) is 5.32. The predicted molar refractivity (Wildman–Crippen MR) is 83.0 cm³/mol. The fourth-order valence-corrected chi connectivity index (χ4v) is 3.69. The van der Waals surface area contributed by atoms with E-state index in [2.05, 4.69) is 5.10 Å². The van der Waals surface area contributed by atoms with Crippen LogP contribution in [-0.4, -0.2) is 24.0 Å². The van der Waals surface area contributed by atoms with E-state index in [1.54, 1.807) is 18.3 Å². The largest absolute Gasteiger partial charge is 0.384 e. The lowest BCUT2D eigenvalue weighted by Crippen LogP contribution is -2.21. The summed E-state index contributed by atoms with van der Waals surface area (Å²) in [4.78, 5) is -0.131. The first kappa shape index (κ1) is 14.7. The highest BCUT2D eigenvalue weighted by Gasteiger charge is 2.23. The summed E-state index contributed by atoms with van der Waals surface area (Å²) in [6.45, 7) is 0.847. The Hall–Kier alpha value is -2.19. The number of nitrogen functional groups attached to an aromatic ring is 1. The number of aryl methyl sites for hydroxylation is 1. The molecule has 0 radical (unpaired) electrons. The number of nitrogens with two attached hydrogens (primary N) is 2. The maximum Gasteiger partial charge on any atom is 0.238 e. The van der Waals surface area contributed by atoms with E-state index in [4.69, 9.17) is 16.3 Å². The summed E-state index contributed by atoms with van der Waals surface area (Å²) in [5, 5.41) is 17.4. The van der Waals surface area contributed by atoms with Crippen LogP contribution in [0.1, 0.15) is 24.1 Å². The molecule has 1 aromatic carbocycles. The van der Waals surface area contributed by atoms with Crippen molar-refractivity contribution in [3.05, 3.63) is 35.7 Å². The molecule has 2 aromatic rings. The highest BCUT2D eigenvalue weighted by Crippen LogP contribution is 2.32. The molecule has 2 heterocycles. The maximum absolute atomic E-state index is 11.8. The van der Waals surface area contributed by atoms with Gasteiger partial charge in [-0.05, 0) is 30.9 Å². The molecule has 0 saturated heterocycles. The van der Waals surface area contributed by atoms with Gasteiger partial charge in [0.15, 0.2) is 0 Å². The molecule has 0 bridgehead atoms. The normalized spacial score (nSPS) is 14.6. The van der Waals surface area contributed by atoms with Gasteiger partial charge in [0.1, 0.15) is 5.84 Å². The van der Waals surface area contributed by atoms with Crippen molar-refractivity contribution < 1.29 is 8.42 Å². The van der Waals surface area contributed by atoms with Gasteiger partial charge in [-0.25, -0.2) is 13.6 Å². The Morgan fingerprint density at radius 2 is 2.05 bits per heavy atom. The summed E-state index contributed by atoms with van der Waals surface area (Å²) < 4.78 is 25.5. The minimum Gasteiger partial charge on any atom is -0.384 e. The number of hydrogen-bond acceptors (Lipinski definition) is 4. The third-order valence-corrected chi connectivity index (χ3v) is 4.83. The van der Waals surface area contributed by atoms with Crippen LogP contribution in [0.3, 0.4) is 0 Å². The first-order chi connectivity index (χ1) is 10.4. The topological polar surface area (TPSA) is 128 Å². The molecule has 0 saturated carbocycles. The SMILES string of the molecule is N=C(N)c1c(-c2cnn3c2CCCC3)cccc1S(N)(=O)=O. The van der Waals surface area contributed by atoms with Gasteiger partial charge in [0.05, 0.1) is 11.1 Å². The summed E-state index contributed by atoms with van der Waals surface area (Å²) >= 11 is 0. The third-order valence-electron chi connectivity index (χ3n) is 3.87. The molecule has 22 heavy (non-hydrogen) atoms. The van der Waals surface area contributed by atoms with Crippen molar-refractivity contribution in [3.8, 4) is 11.1 Å². The number of primary sulfonamides is 1. The van der Waals surface area contributed by atoms with E-state index in [9.17, 15) is 8.42 Å². The third kappa shape index (κ3) is 2.40. The average Bonchev–Trinajstić information content (AvgIpc) is 2.89. The molecule has 0 aliphatic carbocycles. The number of rotatable bonds is 3. The van der Waals surface area contributed by atoms with Crippen LogP contribution in [0.4, 0.5) is 0 Å². The van der Waals surface area contributed by atoms with Crippen molar-refractivity contribution >= 4 is 15.9 Å². The van der Waals surface area contributed by atoms with Crippen LogP contribution < -0.4 is 10.9 Å². The quantitative estimate of drug-likeness (QED) is 0.571. The van der Waals surface area contributed by atoms with E-state index in [1.807, 2.05) is 4.68 Å². The maximum atomic E-state index is 11.8. The highest BCUT2D eigenvalue weighted by molar-refractivity contribution is 7.89. The fourth-order valence-electron chi connectivity index (χ4n) is 2.92. The minimum absolute atomic E-state index is 0.131. The predicted octanol–water partition coefficient (Wildman–Crippen LogP) is 0.818. The Labute approximate surface area is 128 Å². The molecule has 3 rings (SSSR count). The van der Waals surface area contributed by atoms with Gasteiger partial charge >= 0.3 is 0 Å². The Bertz CT molecular complexity index is 854. The summed E-state index contributed by atoms with van der Waals surface area (Å²) in [5.74, 6) is -0.324. The van der Waals surface area contributed by atoms with Crippen molar-refractivity contribution in [1.29, 1.82) is 5.41 Å². The highest BCUT2D eigenvalue weighted by atomic mass is 32.2. The van der Waals surface area contributed by atoms with Crippen LogP contribution in [0, 0.1) is 5.41 Å². The number of amidine groups is 1. The van der Waals surface area contributed by atoms with Crippen LogP contribution in [0.2, 0.25) is 0 Å². The van der Waals surface area contributed by atoms with E-state index in [-0.39, 0.29) is 16.3 Å². The summed E-state index contributed by atoms with van der Waals surface area (Å²) in [6, 6.07) is 4.72. The Morgan fingerprint density at radius 3 is 2.73 bits per heavy atom. The molecule has 1 aliphatic rings. The standard InChI is InChI=1S/C14H17N5O2S/c15-14(16)13-9(4-3-6-12(13)22(17,20)21)10-8-18-19-7-2-1-5-11(10)19/h3-4,6,8H,1-2,5,7H2,(H3,15,16)(H2,17,20,21). The van der Waals surface area contributed by atoms with Crippen LogP contribution in [0.15, 0.2) is 29.3 Å². The molecule has 7 nitrogen and oxygen atoms in total. The Kier molecular flexibility index (Phi) is 3.50. The molecular weight excluding hydrogens is 302 g/mol. The number of aromatic nitrogens is 2. The molecule has 0 spiro atoms. The Morgan fingerprint density at radius 1 is 1.27 bits per heavy atom. The van der Waals surface area contributed by atoms with E-state index < -0.39 is 10.0 Å². The van der Waals surface area contributed by atoms with Gasteiger partial charge in [-0.15, -0.1) is 0 Å². The van der Waals surface area contributed by atoms with E-state index >= 15 is 0 Å². The lowest BCUT2D eigenvalue weighted by Gasteiger charge is -2.17. The number of nitrogens with zero attached hydrogens (tertiary/aromatic N) is 2. The summed E-state index contributed by atoms with van der Waals surface area (Å²) in [5.41, 5.74) is 8.22. The van der Waals surface area contributed by atoms with Crippen molar-refractivity contribution in [2.24, 2.45) is 10.9 Å². The van der Waals surface area contributed by atoms with Crippen LogP contribution in [-0.2, 0) is 23.0 Å². The van der Waals surface area contributed by atoms with Crippen molar-refractivity contribution in [3.63, 3.8) is 0 Å². The molecule has 5 N–H and O–H groups in total. The second-order valence-corrected chi connectivity index (χ2v) is 6.85. The fraction of sp³-hybridized carbons (Fsp3) is 0.286. The molecule has 8 heteroatoms. The van der Waals surface area contributed by atoms with Crippen LogP contribution in [0.25, 0.3) is 11.1 Å². The van der Waals surface area contributed by atoms with E-state index in [0.29, 0.717) is 5.56 Å². The monoisotopic (exact) mass is 319 g/mol. The molecule has 0 atom stereocenters. The lowest BCUT2D eigenvalue weighted by atomic mass is 9.96. The molecule has 116 valence electrons.